The van der Waals surface area contributed by atoms with Gasteiger partial charge in [0.25, 0.3) is 0 Å². The highest BCUT2D eigenvalue weighted by Crippen LogP contribution is 2.27. The number of benzene rings is 1. The maximum absolute atomic E-state index is 12.6. The molecule has 0 aromatic heterocycles. The minimum atomic E-state index is -4.64. The summed E-state index contributed by atoms with van der Waals surface area (Å²) in [5.74, 6) is -2.83. The lowest BCUT2D eigenvalue weighted by molar-refractivity contribution is -0.162. The molecule has 1 atom stereocenters. The number of nitrogens with two attached hydrogens (primary N) is 1. The fraction of sp³-hybridized carbons (Fsp3) is 0.300. The molecule has 3 N–H and O–H groups in total. The van der Waals surface area contributed by atoms with Crippen LogP contribution in [0.15, 0.2) is 33.9 Å². The zero-order valence-electron chi connectivity index (χ0n) is 8.99. The van der Waals surface area contributed by atoms with Gasteiger partial charge in [-0.1, -0.05) is 27.2 Å². The number of hydrogen-bond donors (Lipinski definition) is 2. The van der Waals surface area contributed by atoms with Crippen LogP contribution < -0.4 is 10.5 Å². The van der Waals surface area contributed by atoms with Crippen LogP contribution >= 0.6 is 15.9 Å². The van der Waals surface area contributed by atoms with Gasteiger partial charge in [0.2, 0.25) is 0 Å². The minimum absolute atomic E-state index is 0.254. The van der Waals surface area contributed by atoms with Crippen molar-refractivity contribution >= 4 is 21.8 Å². The molecular weight excluding hydrogens is 317 g/mol. The number of hydrogen-bond acceptors (Lipinski definition) is 3. The number of alkyl halides is 3. The fourth-order valence-electron chi connectivity index (χ4n) is 1.15. The Balaban J connectivity index is 2.75. The topological polar surface area (TPSA) is 67.8 Å². The van der Waals surface area contributed by atoms with E-state index in [0.29, 0.717) is 4.47 Å². The zero-order valence-corrected chi connectivity index (χ0v) is 10.6. The van der Waals surface area contributed by atoms with Gasteiger partial charge in [0.15, 0.2) is 5.84 Å². The van der Waals surface area contributed by atoms with Crippen molar-refractivity contribution in [3.63, 3.8) is 0 Å². The first kappa shape index (κ1) is 14.6. The van der Waals surface area contributed by atoms with Crippen molar-refractivity contribution < 1.29 is 23.1 Å². The number of ether oxygens (including phenoxy) is 1. The van der Waals surface area contributed by atoms with Crippen LogP contribution in [0.1, 0.15) is 0 Å². The van der Waals surface area contributed by atoms with E-state index in [-0.39, 0.29) is 5.75 Å². The van der Waals surface area contributed by atoms with Crippen LogP contribution in [0, 0.1) is 5.92 Å². The molecule has 1 rings (SSSR count). The molecule has 0 saturated heterocycles. The van der Waals surface area contributed by atoms with Crippen molar-refractivity contribution in [2.24, 2.45) is 16.8 Å². The molecule has 8 heteroatoms. The Morgan fingerprint density at radius 2 is 2.17 bits per heavy atom. The van der Waals surface area contributed by atoms with Crippen molar-refractivity contribution in [3.8, 4) is 5.75 Å². The highest BCUT2D eigenvalue weighted by atomic mass is 79.9. The second-order valence-electron chi connectivity index (χ2n) is 3.39. The molecule has 1 aromatic rings. The summed E-state index contributed by atoms with van der Waals surface area (Å²) < 4.78 is 43.4. The maximum atomic E-state index is 12.6. The SMILES string of the molecule is N/C(=N/O)C(COc1cccc(Br)c1)C(F)(F)F. The summed E-state index contributed by atoms with van der Waals surface area (Å²) in [5.41, 5.74) is 4.99. The van der Waals surface area contributed by atoms with E-state index < -0.39 is 24.5 Å². The minimum Gasteiger partial charge on any atom is -0.492 e. The van der Waals surface area contributed by atoms with Gasteiger partial charge in [-0.3, -0.25) is 0 Å². The molecule has 0 bridgehead atoms. The third-order valence-corrected chi connectivity index (χ3v) is 2.57. The summed E-state index contributed by atoms with van der Waals surface area (Å²) in [6.07, 6.45) is -4.64. The number of oxime groups is 1. The second-order valence-corrected chi connectivity index (χ2v) is 4.30. The predicted molar refractivity (Wildman–Crippen MR) is 62.6 cm³/mol. The summed E-state index contributed by atoms with van der Waals surface area (Å²) in [5, 5.41) is 10.7. The Hall–Kier alpha value is -1.44. The summed E-state index contributed by atoms with van der Waals surface area (Å²) in [6.45, 7) is -0.754. The normalized spacial score (nSPS) is 14.3. The van der Waals surface area contributed by atoms with E-state index in [2.05, 4.69) is 21.1 Å². The van der Waals surface area contributed by atoms with E-state index in [0.717, 1.165) is 0 Å². The van der Waals surface area contributed by atoms with E-state index in [1.165, 1.54) is 12.1 Å². The largest absolute Gasteiger partial charge is 0.492 e. The van der Waals surface area contributed by atoms with Crippen LogP contribution in [-0.4, -0.2) is 23.8 Å². The lowest BCUT2D eigenvalue weighted by Crippen LogP contribution is -2.40. The van der Waals surface area contributed by atoms with E-state index in [4.69, 9.17) is 15.7 Å². The molecule has 4 nitrogen and oxygen atoms in total. The summed E-state index contributed by atoms with van der Waals surface area (Å²) in [6, 6.07) is 6.34. The van der Waals surface area contributed by atoms with Crippen molar-refractivity contribution in [1.29, 1.82) is 0 Å². The third kappa shape index (κ3) is 4.10. The molecule has 1 aromatic carbocycles. The molecule has 1 unspecified atom stereocenters. The van der Waals surface area contributed by atoms with Crippen molar-refractivity contribution in [2.45, 2.75) is 6.18 Å². The van der Waals surface area contributed by atoms with Crippen molar-refractivity contribution in [1.82, 2.24) is 0 Å². The molecule has 0 amide bonds. The first-order chi connectivity index (χ1) is 8.34. The van der Waals surface area contributed by atoms with Crippen LogP contribution in [0.2, 0.25) is 0 Å². The average Bonchev–Trinajstić information content (AvgIpc) is 2.27. The monoisotopic (exact) mass is 326 g/mol. The molecule has 0 aliphatic heterocycles. The molecule has 100 valence electrons. The molecule has 0 aliphatic rings. The first-order valence-corrected chi connectivity index (χ1v) is 5.56. The Bertz CT molecular complexity index is 437. The Labute approximate surface area is 109 Å². The van der Waals surface area contributed by atoms with Crippen molar-refractivity contribution in [3.05, 3.63) is 28.7 Å². The van der Waals surface area contributed by atoms with Crippen LogP contribution in [0.3, 0.4) is 0 Å². The maximum Gasteiger partial charge on any atom is 0.402 e. The Morgan fingerprint density at radius 1 is 1.50 bits per heavy atom. The Kier molecular flexibility index (Phi) is 4.83. The molecule has 0 spiro atoms. The molecule has 18 heavy (non-hydrogen) atoms. The van der Waals surface area contributed by atoms with Gasteiger partial charge in [-0.2, -0.15) is 13.2 Å². The standard InChI is InChI=1S/C10H10BrF3N2O2/c11-6-2-1-3-7(4-6)18-5-8(9(15)16-17)10(12,13)14/h1-4,8,17H,5H2,(H2,15,16). The van der Waals surface area contributed by atoms with Gasteiger partial charge in [0, 0.05) is 4.47 Å². The molecule has 0 radical (unpaired) electrons. The van der Waals surface area contributed by atoms with Crippen LogP contribution in [0.25, 0.3) is 0 Å². The number of rotatable bonds is 4. The number of amidine groups is 1. The molecule has 0 aliphatic carbocycles. The van der Waals surface area contributed by atoms with E-state index in [1.54, 1.807) is 12.1 Å². The number of nitrogens with zero attached hydrogens (tertiary/aromatic N) is 1. The van der Waals surface area contributed by atoms with Crippen LogP contribution in [0.4, 0.5) is 13.2 Å². The van der Waals surface area contributed by atoms with Crippen molar-refractivity contribution in [2.75, 3.05) is 6.61 Å². The molecule has 0 heterocycles. The lowest BCUT2D eigenvalue weighted by Gasteiger charge is -2.19. The van der Waals surface area contributed by atoms with Crippen LogP contribution in [-0.2, 0) is 0 Å². The van der Waals surface area contributed by atoms with E-state index >= 15 is 0 Å². The first-order valence-electron chi connectivity index (χ1n) is 4.77. The fourth-order valence-corrected chi connectivity index (χ4v) is 1.53. The Morgan fingerprint density at radius 3 is 2.67 bits per heavy atom. The smallest absolute Gasteiger partial charge is 0.402 e. The lowest BCUT2D eigenvalue weighted by atomic mass is 10.1. The van der Waals surface area contributed by atoms with Gasteiger partial charge in [0.1, 0.15) is 18.3 Å². The molecule has 0 saturated carbocycles. The molecular formula is C10H10BrF3N2O2. The highest BCUT2D eigenvalue weighted by molar-refractivity contribution is 9.10. The van der Waals surface area contributed by atoms with Crippen LogP contribution in [0.5, 0.6) is 5.75 Å². The van der Waals surface area contributed by atoms with Gasteiger partial charge < -0.3 is 15.7 Å². The quantitative estimate of drug-likeness (QED) is 0.387. The predicted octanol–water partition coefficient (Wildman–Crippen LogP) is 2.75. The van der Waals surface area contributed by atoms with Gasteiger partial charge in [0.05, 0.1) is 0 Å². The summed E-state index contributed by atoms with van der Waals surface area (Å²) in [4.78, 5) is 0. The van der Waals surface area contributed by atoms with E-state index in [1.807, 2.05) is 0 Å². The highest BCUT2D eigenvalue weighted by Gasteiger charge is 2.43. The van der Waals surface area contributed by atoms with E-state index in [9.17, 15) is 13.2 Å². The third-order valence-electron chi connectivity index (χ3n) is 2.08. The zero-order chi connectivity index (χ0) is 13.8. The van der Waals surface area contributed by atoms with Gasteiger partial charge in [-0.05, 0) is 18.2 Å². The number of halogens is 4. The van der Waals surface area contributed by atoms with Gasteiger partial charge in [-0.25, -0.2) is 0 Å². The summed E-state index contributed by atoms with van der Waals surface area (Å²) in [7, 11) is 0. The van der Waals surface area contributed by atoms with Gasteiger partial charge >= 0.3 is 6.18 Å². The molecule has 0 fully saturated rings. The second kappa shape index (κ2) is 5.94. The van der Waals surface area contributed by atoms with Gasteiger partial charge in [-0.15, -0.1) is 0 Å². The summed E-state index contributed by atoms with van der Waals surface area (Å²) >= 11 is 3.16. The average molecular weight is 327 g/mol.